The van der Waals surface area contributed by atoms with Crippen LogP contribution in [0.25, 0.3) is 0 Å². The van der Waals surface area contributed by atoms with Gasteiger partial charge in [-0.3, -0.25) is 14.3 Å². The van der Waals surface area contributed by atoms with Gasteiger partial charge in [0, 0.05) is 25.6 Å². The van der Waals surface area contributed by atoms with Crippen molar-refractivity contribution in [1.29, 1.82) is 0 Å². The third-order valence-corrected chi connectivity index (χ3v) is 4.68. The van der Waals surface area contributed by atoms with Crippen molar-refractivity contribution in [3.05, 3.63) is 48.5 Å². The molecule has 6 nitrogen and oxygen atoms in total. The highest BCUT2D eigenvalue weighted by atomic mass is 32.2. The lowest BCUT2D eigenvalue weighted by Gasteiger charge is -2.20. The van der Waals surface area contributed by atoms with Crippen molar-refractivity contribution in [3.63, 3.8) is 0 Å². The summed E-state index contributed by atoms with van der Waals surface area (Å²) in [4.78, 5) is 7.71. The van der Waals surface area contributed by atoms with Crippen molar-refractivity contribution in [2.24, 2.45) is 5.73 Å². The molecule has 0 aliphatic heterocycles. The highest BCUT2D eigenvalue weighted by molar-refractivity contribution is 7.93. The lowest BCUT2D eigenvalue weighted by Crippen LogP contribution is -2.29. The van der Waals surface area contributed by atoms with E-state index in [2.05, 4.69) is 9.97 Å². The van der Waals surface area contributed by atoms with E-state index in [9.17, 15) is 8.42 Å². The van der Waals surface area contributed by atoms with Crippen molar-refractivity contribution < 1.29 is 8.42 Å². The summed E-state index contributed by atoms with van der Waals surface area (Å²) in [6.45, 7) is 0. The van der Waals surface area contributed by atoms with E-state index in [-0.39, 0.29) is 15.6 Å². The van der Waals surface area contributed by atoms with Crippen molar-refractivity contribution in [2.75, 3.05) is 11.4 Å². The van der Waals surface area contributed by atoms with Gasteiger partial charge in [0.05, 0.1) is 5.69 Å². The summed E-state index contributed by atoms with van der Waals surface area (Å²) >= 11 is 4.84. The molecule has 0 spiro atoms. The molecule has 104 valence electrons. The van der Waals surface area contributed by atoms with E-state index in [0.29, 0.717) is 5.69 Å². The van der Waals surface area contributed by atoms with Crippen LogP contribution in [0.4, 0.5) is 5.69 Å². The molecule has 2 aromatic heterocycles. The molecule has 0 fully saturated rings. The fourth-order valence-corrected chi connectivity index (χ4v) is 3.20. The Morgan fingerprint density at radius 1 is 1.25 bits per heavy atom. The van der Waals surface area contributed by atoms with E-state index in [1.54, 1.807) is 12.1 Å². The lowest BCUT2D eigenvalue weighted by molar-refractivity contribution is 0.593. The van der Waals surface area contributed by atoms with Gasteiger partial charge in [-0.2, -0.15) is 0 Å². The molecule has 0 aliphatic rings. The van der Waals surface area contributed by atoms with Gasteiger partial charge in [-0.05, 0) is 24.3 Å². The van der Waals surface area contributed by atoms with Crippen LogP contribution in [0.3, 0.4) is 0 Å². The monoisotopic (exact) mass is 308 g/mol. The number of aromatic nitrogens is 2. The maximum atomic E-state index is 12.6. The van der Waals surface area contributed by atoms with Crippen LogP contribution in [0.1, 0.15) is 5.69 Å². The van der Waals surface area contributed by atoms with Crippen molar-refractivity contribution in [1.82, 2.24) is 9.97 Å². The second-order valence-electron chi connectivity index (χ2n) is 3.89. The Bertz CT molecular complexity index is 732. The summed E-state index contributed by atoms with van der Waals surface area (Å²) in [5, 5.41) is 0. The van der Waals surface area contributed by atoms with E-state index in [1.807, 2.05) is 0 Å². The van der Waals surface area contributed by atoms with Crippen LogP contribution in [-0.2, 0) is 10.0 Å². The topological polar surface area (TPSA) is 89.2 Å². The summed E-state index contributed by atoms with van der Waals surface area (Å²) in [7, 11) is -2.35. The van der Waals surface area contributed by atoms with Gasteiger partial charge in [-0.1, -0.05) is 12.2 Å². The van der Waals surface area contributed by atoms with Crippen LogP contribution in [0.15, 0.2) is 47.8 Å². The van der Waals surface area contributed by atoms with Gasteiger partial charge >= 0.3 is 0 Å². The molecule has 0 saturated carbocycles. The molecule has 0 aliphatic carbocycles. The van der Waals surface area contributed by atoms with Gasteiger partial charge in [0.25, 0.3) is 10.0 Å². The average molecular weight is 308 g/mol. The van der Waals surface area contributed by atoms with Crippen LogP contribution in [0.5, 0.6) is 0 Å². The summed E-state index contributed by atoms with van der Waals surface area (Å²) in [5.41, 5.74) is 6.10. The number of thiocarbonyl (C=S) groups is 1. The molecule has 2 N–H and O–H groups in total. The normalized spacial score (nSPS) is 11.1. The molecule has 0 amide bonds. The molecular formula is C12H12N4O2S2. The first-order valence-corrected chi connectivity index (χ1v) is 7.43. The molecule has 0 saturated heterocycles. The first-order valence-electron chi connectivity index (χ1n) is 5.58. The SMILES string of the molecule is CN(c1ccncc1)S(=O)(=O)c1cccnc1C(N)=S. The lowest BCUT2D eigenvalue weighted by atomic mass is 10.3. The molecule has 20 heavy (non-hydrogen) atoms. The number of nitrogens with zero attached hydrogens (tertiary/aromatic N) is 3. The van der Waals surface area contributed by atoms with Gasteiger partial charge in [0.15, 0.2) is 0 Å². The van der Waals surface area contributed by atoms with E-state index in [1.165, 1.54) is 37.8 Å². The molecule has 0 aromatic carbocycles. The minimum atomic E-state index is -3.79. The Hall–Kier alpha value is -2.06. The molecule has 0 unspecified atom stereocenters. The summed E-state index contributed by atoms with van der Waals surface area (Å²) < 4.78 is 26.3. The summed E-state index contributed by atoms with van der Waals surface area (Å²) in [6.07, 6.45) is 4.47. The van der Waals surface area contributed by atoms with Gasteiger partial charge in [0.1, 0.15) is 15.6 Å². The fourth-order valence-electron chi connectivity index (χ4n) is 1.62. The van der Waals surface area contributed by atoms with E-state index in [0.717, 1.165) is 4.31 Å². The summed E-state index contributed by atoms with van der Waals surface area (Å²) in [6, 6.07) is 6.13. The van der Waals surface area contributed by atoms with E-state index in [4.69, 9.17) is 18.0 Å². The third kappa shape index (κ3) is 2.61. The van der Waals surface area contributed by atoms with Gasteiger partial charge in [-0.15, -0.1) is 0 Å². The Balaban J connectivity index is 2.54. The highest BCUT2D eigenvalue weighted by Crippen LogP contribution is 2.22. The van der Waals surface area contributed by atoms with Crippen molar-refractivity contribution >= 4 is 32.9 Å². The van der Waals surface area contributed by atoms with Gasteiger partial charge in [0.2, 0.25) is 0 Å². The number of hydrogen-bond donors (Lipinski definition) is 1. The predicted octanol–water partition coefficient (Wildman–Crippen LogP) is 0.936. The molecule has 8 heteroatoms. The van der Waals surface area contributed by atoms with Crippen LogP contribution < -0.4 is 10.0 Å². The van der Waals surface area contributed by atoms with Gasteiger partial charge < -0.3 is 5.73 Å². The van der Waals surface area contributed by atoms with Crippen LogP contribution in [-0.4, -0.2) is 30.4 Å². The standard InChI is InChI=1S/C12H12N4O2S2/c1-16(9-4-7-14-8-5-9)20(17,18)10-3-2-6-15-11(10)12(13)19/h2-8H,1H3,(H2,13,19). The maximum absolute atomic E-state index is 12.6. The average Bonchev–Trinajstić information content (AvgIpc) is 2.47. The van der Waals surface area contributed by atoms with Crippen LogP contribution in [0, 0.1) is 0 Å². The number of nitrogens with two attached hydrogens (primary N) is 1. The minimum Gasteiger partial charge on any atom is -0.388 e. The van der Waals surface area contributed by atoms with Crippen molar-refractivity contribution in [3.8, 4) is 0 Å². The highest BCUT2D eigenvalue weighted by Gasteiger charge is 2.25. The minimum absolute atomic E-state index is 0.0215. The van der Waals surface area contributed by atoms with Crippen LogP contribution in [0.2, 0.25) is 0 Å². The molecular weight excluding hydrogens is 296 g/mol. The van der Waals surface area contributed by atoms with Crippen LogP contribution >= 0.6 is 12.2 Å². The Morgan fingerprint density at radius 3 is 2.50 bits per heavy atom. The molecule has 2 aromatic rings. The molecule has 0 atom stereocenters. The number of anilines is 1. The number of rotatable bonds is 4. The molecule has 2 heterocycles. The predicted molar refractivity (Wildman–Crippen MR) is 80.0 cm³/mol. The molecule has 2 rings (SSSR count). The number of pyridine rings is 2. The molecule has 0 radical (unpaired) electrons. The fraction of sp³-hybridized carbons (Fsp3) is 0.0833. The van der Waals surface area contributed by atoms with Gasteiger partial charge in [-0.25, -0.2) is 8.42 Å². The maximum Gasteiger partial charge on any atom is 0.266 e. The second kappa shape index (κ2) is 5.51. The van der Waals surface area contributed by atoms with Crippen molar-refractivity contribution in [2.45, 2.75) is 4.90 Å². The first-order chi connectivity index (χ1) is 9.44. The smallest absolute Gasteiger partial charge is 0.266 e. The number of sulfonamides is 1. The quantitative estimate of drug-likeness (QED) is 0.845. The van der Waals surface area contributed by atoms with E-state index < -0.39 is 10.0 Å². The Kier molecular flexibility index (Phi) is 3.96. The Morgan fingerprint density at radius 2 is 1.90 bits per heavy atom. The van der Waals surface area contributed by atoms with E-state index >= 15 is 0 Å². The third-order valence-electron chi connectivity index (χ3n) is 2.67. The first kappa shape index (κ1) is 14.4. The zero-order valence-electron chi connectivity index (χ0n) is 10.6. The zero-order chi connectivity index (χ0) is 14.8. The molecule has 0 bridgehead atoms. The Labute approximate surface area is 122 Å². The second-order valence-corrected chi connectivity index (χ2v) is 6.27. The number of hydrogen-bond acceptors (Lipinski definition) is 5. The largest absolute Gasteiger partial charge is 0.388 e. The zero-order valence-corrected chi connectivity index (χ0v) is 12.2. The summed E-state index contributed by atoms with van der Waals surface area (Å²) in [5.74, 6) is 0.